The fourth-order valence-corrected chi connectivity index (χ4v) is 5.15. The van der Waals surface area contributed by atoms with Crippen LogP contribution in [0.1, 0.15) is 42.4 Å². The van der Waals surface area contributed by atoms with Crippen molar-refractivity contribution in [2.24, 2.45) is 0 Å². The lowest BCUT2D eigenvalue weighted by Gasteiger charge is -2.28. The van der Waals surface area contributed by atoms with E-state index in [4.69, 9.17) is 5.73 Å². The van der Waals surface area contributed by atoms with Crippen molar-refractivity contribution < 1.29 is 14.4 Å². The summed E-state index contributed by atoms with van der Waals surface area (Å²) < 4.78 is 0. The molecule has 0 saturated heterocycles. The summed E-state index contributed by atoms with van der Waals surface area (Å²) in [4.78, 5) is 42.5. The Kier molecular flexibility index (Phi) is 6.79. The molecule has 0 radical (unpaired) electrons. The number of anilines is 2. The standard InChI is InChI=1S/C32H29N3O3/c1-20-24-16-9-10-17-25(24)29-26(33)18-11-19-27(29)35(31(20)37)32(38)21(2)34-30(36)28(22-12-5-3-6-13-22)23-14-7-4-8-15-23/h3-21,28H,33H2,1-2H3,(H,34,36)/t20?,21-/m0/s1. The first-order chi connectivity index (χ1) is 18.4. The number of hydrogen-bond acceptors (Lipinski definition) is 4. The van der Waals surface area contributed by atoms with Crippen LogP contribution in [0, 0.1) is 0 Å². The van der Waals surface area contributed by atoms with Crippen LogP contribution in [0.5, 0.6) is 0 Å². The molecule has 2 atom stereocenters. The number of nitrogens with one attached hydrogen (secondary N) is 1. The number of nitrogen functional groups attached to an aromatic ring is 1. The van der Waals surface area contributed by atoms with Crippen LogP contribution in [0.4, 0.5) is 11.4 Å². The van der Waals surface area contributed by atoms with E-state index in [0.717, 1.165) is 22.3 Å². The van der Waals surface area contributed by atoms with Gasteiger partial charge in [-0.3, -0.25) is 14.4 Å². The number of nitrogens with zero attached hydrogens (tertiary/aromatic N) is 1. The number of amides is 3. The molecule has 4 aromatic carbocycles. The summed E-state index contributed by atoms with van der Waals surface area (Å²) in [6, 6.07) is 30.7. The zero-order chi connectivity index (χ0) is 26.8. The summed E-state index contributed by atoms with van der Waals surface area (Å²) >= 11 is 0. The van der Waals surface area contributed by atoms with Crippen molar-refractivity contribution in [1.29, 1.82) is 0 Å². The topological polar surface area (TPSA) is 92.5 Å². The predicted octanol–water partition coefficient (Wildman–Crippen LogP) is 5.25. The highest BCUT2D eigenvalue weighted by atomic mass is 16.2. The Hall–Kier alpha value is -4.71. The average molecular weight is 504 g/mol. The van der Waals surface area contributed by atoms with Gasteiger partial charge in [-0.1, -0.05) is 91.0 Å². The van der Waals surface area contributed by atoms with Crippen molar-refractivity contribution in [3.8, 4) is 11.1 Å². The molecule has 4 aromatic rings. The van der Waals surface area contributed by atoms with Crippen LogP contribution < -0.4 is 16.0 Å². The Bertz CT molecular complexity index is 1460. The van der Waals surface area contributed by atoms with Crippen LogP contribution in [0.15, 0.2) is 103 Å². The van der Waals surface area contributed by atoms with E-state index < -0.39 is 23.8 Å². The van der Waals surface area contributed by atoms with E-state index in [1.807, 2.05) is 84.9 Å². The number of rotatable bonds is 5. The molecule has 3 amide bonds. The third-order valence-electron chi connectivity index (χ3n) is 7.08. The Morgan fingerprint density at radius 2 is 1.39 bits per heavy atom. The highest BCUT2D eigenvalue weighted by Gasteiger charge is 2.38. The second-order valence-electron chi connectivity index (χ2n) is 9.55. The second kappa shape index (κ2) is 10.3. The van der Waals surface area contributed by atoms with Crippen LogP contribution in [-0.2, 0) is 14.4 Å². The molecule has 1 heterocycles. The van der Waals surface area contributed by atoms with E-state index in [9.17, 15) is 14.4 Å². The van der Waals surface area contributed by atoms with E-state index >= 15 is 0 Å². The molecule has 0 spiro atoms. The van der Waals surface area contributed by atoms with Gasteiger partial charge in [0, 0.05) is 11.3 Å². The summed E-state index contributed by atoms with van der Waals surface area (Å²) in [5.41, 5.74) is 11.2. The second-order valence-corrected chi connectivity index (χ2v) is 9.55. The Morgan fingerprint density at radius 1 is 0.816 bits per heavy atom. The molecule has 1 aliphatic rings. The van der Waals surface area contributed by atoms with Crippen molar-refractivity contribution in [2.45, 2.75) is 31.7 Å². The number of carbonyl (C=O) groups excluding carboxylic acids is 3. The minimum Gasteiger partial charge on any atom is -0.398 e. The Balaban J connectivity index is 1.50. The summed E-state index contributed by atoms with van der Waals surface area (Å²) in [5.74, 6) is -2.40. The van der Waals surface area contributed by atoms with Gasteiger partial charge in [-0.05, 0) is 48.2 Å². The molecule has 1 unspecified atom stereocenters. The van der Waals surface area contributed by atoms with Gasteiger partial charge < -0.3 is 11.1 Å². The molecule has 6 heteroatoms. The molecule has 0 bridgehead atoms. The van der Waals surface area contributed by atoms with Gasteiger partial charge >= 0.3 is 0 Å². The maximum absolute atomic E-state index is 13.9. The van der Waals surface area contributed by atoms with Crippen LogP contribution in [0.3, 0.4) is 0 Å². The van der Waals surface area contributed by atoms with Crippen molar-refractivity contribution in [3.63, 3.8) is 0 Å². The highest BCUT2D eigenvalue weighted by Crippen LogP contribution is 2.44. The van der Waals surface area contributed by atoms with Gasteiger partial charge in [0.15, 0.2) is 0 Å². The van der Waals surface area contributed by atoms with Gasteiger partial charge in [-0.25, -0.2) is 4.90 Å². The van der Waals surface area contributed by atoms with Gasteiger partial charge in [0.25, 0.3) is 5.91 Å². The van der Waals surface area contributed by atoms with Crippen molar-refractivity contribution >= 4 is 29.1 Å². The number of carbonyl (C=O) groups is 3. The van der Waals surface area contributed by atoms with Crippen molar-refractivity contribution in [1.82, 2.24) is 5.32 Å². The fourth-order valence-electron chi connectivity index (χ4n) is 5.15. The molecule has 190 valence electrons. The maximum Gasteiger partial charge on any atom is 0.256 e. The first-order valence-electron chi connectivity index (χ1n) is 12.6. The van der Waals surface area contributed by atoms with Gasteiger partial charge in [-0.2, -0.15) is 0 Å². The Labute approximate surface area is 222 Å². The van der Waals surface area contributed by atoms with Gasteiger partial charge in [0.05, 0.1) is 17.5 Å². The zero-order valence-electron chi connectivity index (χ0n) is 21.3. The molecule has 0 fully saturated rings. The summed E-state index contributed by atoms with van der Waals surface area (Å²) in [5, 5.41) is 2.88. The first kappa shape index (κ1) is 25.0. The molecular weight excluding hydrogens is 474 g/mol. The number of imide groups is 1. The minimum atomic E-state index is -0.968. The number of nitrogens with two attached hydrogens (primary N) is 1. The fraction of sp³-hybridized carbons (Fsp3) is 0.156. The molecule has 0 saturated carbocycles. The summed E-state index contributed by atoms with van der Waals surface area (Å²) in [7, 11) is 0. The summed E-state index contributed by atoms with van der Waals surface area (Å²) in [6.07, 6.45) is 0. The zero-order valence-corrected chi connectivity index (χ0v) is 21.3. The van der Waals surface area contributed by atoms with E-state index in [1.165, 1.54) is 4.90 Å². The lowest BCUT2D eigenvalue weighted by Crippen LogP contribution is -2.51. The third-order valence-corrected chi connectivity index (χ3v) is 7.08. The molecule has 5 rings (SSSR count). The first-order valence-corrected chi connectivity index (χ1v) is 12.6. The van der Waals surface area contributed by atoms with Crippen LogP contribution in [-0.4, -0.2) is 23.8 Å². The molecule has 3 N–H and O–H groups in total. The van der Waals surface area contributed by atoms with E-state index in [2.05, 4.69) is 5.32 Å². The quantitative estimate of drug-likeness (QED) is 0.364. The molecule has 0 aliphatic carbocycles. The van der Waals surface area contributed by atoms with E-state index in [0.29, 0.717) is 16.9 Å². The smallest absolute Gasteiger partial charge is 0.256 e. The largest absolute Gasteiger partial charge is 0.398 e. The highest BCUT2D eigenvalue weighted by molar-refractivity contribution is 6.22. The predicted molar refractivity (Wildman–Crippen MR) is 150 cm³/mol. The summed E-state index contributed by atoms with van der Waals surface area (Å²) in [6.45, 7) is 3.39. The number of benzene rings is 4. The molecule has 1 aliphatic heterocycles. The molecule has 38 heavy (non-hydrogen) atoms. The van der Waals surface area contributed by atoms with E-state index in [-0.39, 0.29) is 11.8 Å². The molecule has 0 aromatic heterocycles. The van der Waals surface area contributed by atoms with Crippen molar-refractivity contribution in [3.05, 3.63) is 120 Å². The monoisotopic (exact) mass is 503 g/mol. The number of fused-ring (bicyclic) bond motifs is 3. The minimum absolute atomic E-state index is 0.324. The van der Waals surface area contributed by atoms with Gasteiger partial charge in [0.2, 0.25) is 11.8 Å². The van der Waals surface area contributed by atoms with Gasteiger partial charge in [0.1, 0.15) is 6.04 Å². The van der Waals surface area contributed by atoms with Crippen molar-refractivity contribution in [2.75, 3.05) is 10.6 Å². The molecule has 6 nitrogen and oxygen atoms in total. The van der Waals surface area contributed by atoms with Crippen LogP contribution in [0.25, 0.3) is 11.1 Å². The normalized spacial score (nSPS) is 15.3. The average Bonchev–Trinajstić information content (AvgIpc) is 3.03. The van der Waals surface area contributed by atoms with E-state index in [1.54, 1.807) is 32.0 Å². The van der Waals surface area contributed by atoms with Crippen LogP contribution in [0.2, 0.25) is 0 Å². The lowest BCUT2D eigenvalue weighted by atomic mass is 9.90. The van der Waals surface area contributed by atoms with Gasteiger partial charge in [-0.15, -0.1) is 0 Å². The SMILES string of the molecule is CC1C(=O)N(C(=O)[C@H](C)NC(=O)C(c2ccccc2)c2ccccc2)c2cccc(N)c2-c2ccccc21. The third kappa shape index (κ3) is 4.45. The van der Waals surface area contributed by atoms with Crippen LogP contribution >= 0.6 is 0 Å². The molecular formula is C32H29N3O3. The lowest BCUT2D eigenvalue weighted by molar-refractivity contribution is -0.131. The number of hydrogen-bond donors (Lipinski definition) is 2. The maximum atomic E-state index is 13.9. The Morgan fingerprint density at radius 3 is 2.03 bits per heavy atom.